The van der Waals surface area contributed by atoms with Gasteiger partial charge in [0, 0.05) is 50.4 Å². The smallest absolute Gasteiger partial charge is 0.0468 e. The van der Waals surface area contributed by atoms with Crippen molar-refractivity contribution in [3.05, 3.63) is 312 Å². The maximum atomic E-state index is 2.54. The highest BCUT2D eigenvalue weighted by molar-refractivity contribution is 6.23. The fourth-order valence-corrected chi connectivity index (χ4v) is 15.7. The summed E-state index contributed by atoms with van der Waals surface area (Å²) in [7, 11) is 0. The van der Waals surface area contributed by atoms with Crippen LogP contribution in [0, 0.1) is 0 Å². The second-order valence-corrected chi connectivity index (χ2v) is 26.0. The van der Waals surface area contributed by atoms with E-state index in [1.54, 1.807) is 0 Å². The van der Waals surface area contributed by atoms with Gasteiger partial charge in [0.1, 0.15) is 0 Å². The van der Waals surface area contributed by atoms with Gasteiger partial charge < -0.3 is 9.80 Å². The molecular formula is C85H64N2. The topological polar surface area (TPSA) is 6.48 Å². The molecule has 0 saturated carbocycles. The Morgan fingerprint density at radius 1 is 0.207 bits per heavy atom. The van der Waals surface area contributed by atoms with Gasteiger partial charge >= 0.3 is 0 Å². The Morgan fingerprint density at radius 2 is 0.529 bits per heavy atom. The molecule has 0 saturated heterocycles. The van der Waals surface area contributed by atoms with Gasteiger partial charge in [-0.3, -0.25) is 0 Å². The van der Waals surface area contributed by atoms with E-state index in [9.17, 15) is 0 Å². The average Bonchev–Trinajstić information content (AvgIpc) is 1.75. The molecule has 0 radical (unpaired) electrons. The van der Waals surface area contributed by atoms with E-state index in [1.807, 2.05) is 0 Å². The van der Waals surface area contributed by atoms with Crippen molar-refractivity contribution in [2.24, 2.45) is 0 Å². The van der Waals surface area contributed by atoms with Gasteiger partial charge in [-0.25, -0.2) is 0 Å². The summed E-state index contributed by atoms with van der Waals surface area (Å²) in [5, 5.41) is 9.91. The lowest BCUT2D eigenvalue weighted by Crippen LogP contribution is -2.16. The van der Waals surface area contributed by atoms with Crippen LogP contribution in [0.3, 0.4) is 0 Å². The van der Waals surface area contributed by atoms with Crippen molar-refractivity contribution in [2.75, 3.05) is 9.80 Å². The quantitative estimate of drug-likeness (QED) is 0.140. The van der Waals surface area contributed by atoms with E-state index in [1.165, 1.54) is 132 Å². The number of benzene rings is 14. The van der Waals surface area contributed by atoms with E-state index < -0.39 is 0 Å². The Morgan fingerprint density at radius 3 is 1.00 bits per heavy atom. The minimum Gasteiger partial charge on any atom is -0.310 e. The molecule has 2 nitrogen and oxygen atoms in total. The van der Waals surface area contributed by atoms with E-state index in [2.05, 4.69) is 330 Å². The minimum atomic E-state index is -0.244. The van der Waals surface area contributed by atoms with Crippen LogP contribution >= 0.6 is 0 Å². The van der Waals surface area contributed by atoms with Gasteiger partial charge in [-0.05, 0) is 241 Å². The number of fused-ring (bicyclic) bond motifs is 13. The molecule has 0 aliphatic heterocycles. The Balaban J connectivity index is 0.963. The van der Waals surface area contributed by atoms with E-state index >= 15 is 0 Å². The number of hydrogen-bond donors (Lipinski definition) is 0. The van der Waals surface area contributed by atoms with Crippen LogP contribution in [0.25, 0.3) is 98.7 Å². The summed E-state index contributed by atoms with van der Waals surface area (Å²) in [4.78, 5) is 4.90. The van der Waals surface area contributed by atoms with Crippen LogP contribution < -0.4 is 9.80 Å². The van der Waals surface area contributed by atoms with Crippen LogP contribution in [-0.2, 0) is 16.2 Å². The van der Waals surface area contributed by atoms with Gasteiger partial charge in [-0.1, -0.05) is 211 Å². The minimum absolute atomic E-state index is 0.170. The van der Waals surface area contributed by atoms with Gasteiger partial charge in [0.2, 0.25) is 0 Å². The fourth-order valence-electron chi connectivity index (χ4n) is 15.7. The van der Waals surface area contributed by atoms with Crippen molar-refractivity contribution in [3.8, 4) is 55.6 Å². The molecule has 14 aromatic carbocycles. The molecule has 0 unspecified atom stereocenters. The highest BCUT2D eigenvalue weighted by Gasteiger charge is 2.39. The molecule has 87 heavy (non-hydrogen) atoms. The molecule has 0 heterocycles. The molecule has 0 fully saturated rings. The lowest BCUT2D eigenvalue weighted by Gasteiger charge is -2.29. The lowest BCUT2D eigenvalue weighted by molar-refractivity contribution is 0.660. The summed E-state index contributed by atoms with van der Waals surface area (Å²) >= 11 is 0. The number of rotatable bonds is 8. The zero-order valence-electron chi connectivity index (χ0n) is 50.0. The molecule has 3 aliphatic rings. The molecule has 3 aliphatic carbocycles. The summed E-state index contributed by atoms with van der Waals surface area (Å²) in [6.07, 6.45) is 0. The molecule has 2 heteroatoms. The van der Waals surface area contributed by atoms with Gasteiger partial charge in [0.25, 0.3) is 0 Å². The number of nitrogens with zero attached hydrogens (tertiary/aromatic N) is 2. The van der Waals surface area contributed by atoms with Crippen molar-refractivity contribution >= 4 is 77.2 Å². The molecule has 0 atom stereocenters. The molecule has 0 amide bonds. The first-order chi connectivity index (χ1) is 42.4. The van der Waals surface area contributed by atoms with Crippen molar-refractivity contribution in [3.63, 3.8) is 0 Å². The largest absolute Gasteiger partial charge is 0.310 e. The molecule has 0 N–H and O–H groups in total. The number of para-hydroxylation sites is 3. The zero-order chi connectivity index (χ0) is 58.5. The Hall–Kier alpha value is -10.3. The molecular weight excluding hydrogens is 1050 g/mol. The highest BCUT2D eigenvalue weighted by atomic mass is 15.1. The Labute approximate surface area is 509 Å². The van der Waals surface area contributed by atoms with Crippen LogP contribution in [-0.4, -0.2) is 0 Å². The molecule has 0 aromatic heterocycles. The first-order valence-electron chi connectivity index (χ1n) is 30.8. The highest BCUT2D eigenvalue weighted by Crippen LogP contribution is 2.57. The third-order valence-electron chi connectivity index (χ3n) is 20.1. The van der Waals surface area contributed by atoms with Gasteiger partial charge in [-0.2, -0.15) is 0 Å². The first kappa shape index (κ1) is 51.2. The maximum absolute atomic E-state index is 2.54. The Bertz CT molecular complexity index is 5140. The summed E-state index contributed by atoms with van der Waals surface area (Å²) in [5.74, 6) is 0. The van der Waals surface area contributed by atoms with Crippen molar-refractivity contribution in [1.82, 2.24) is 0 Å². The summed E-state index contributed by atoms with van der Waals surface area (Å²) < 4.78 is 0. The maximum Gasteiger partial charge on any atom is 0.0468 e. The number of anilines is 6. The third kappa shape index (κ3) is 7.66. The molecule has 0 spiro atoms. The van der Waals surface area contributed by atoms with Crippen LogP contribution in [0.2, 0.25) is 0 Å². The van der Waals surface area contributed by atoms with Gasteiger partial charge in [-0.15, -0.1) is 0 Å². The van der Waals surface area contributed by atoms with Crippen molar-refractivity contribution in [1.29, 1.82) is 0 Å². The molecule has 17 rings (SSSR count). The van der Waals surface area contributed by atoms with Crippen molar-refractivity contribution in [2.45, 2.75) is 57.8 Å². The predicted molar refractivity (Wildman–Crippen MR) is 369 cm³/mol. The molecule has 0 bridgehead atoms. The van der Waals surface area contributed by atoms with Crippen LogP contribution in [0.15, 0.2) is 279 Å². The van der Waals surface area contributed by atoms with E-state index in [0.717, 1.165) is 34.1 Å². The van der Waals surface area contributed by atoms with E-state index in [4.69, 9.17) is 0 Å². The average molecular weight is 1110 g/mol. The van der Waals surface area contributed by atoms with Crippen molar-refractivity contribution < 1.29 is 0 Å². The third-order valence-corrected chi connectivity index (χ3v) is 20.1. The fraction of sp³-hybridized carbons (Fsp3) is 0.106. The normalized spacial score (nSPS) is 14.4. The molecule has 14 aromatic rings. The number of hydrogen-bond acceptors (Lipinski definition) is 2. The summed E-state index contributed by atoms with van der Waals surface area (Å²) in [6.45, 7) is 14.5. The Kier molecular flexibility index (Phi) is 11.1. The second kappa shape index (κ2) is 18.9. The van der Waals surface area contributed by atoms with E-state index in [0.29, 0.717) is 0 Å². The predicted octanol–water partition coefficient (Wildman–Crippen LogP) is 23.5. The van der Waals surface area contributed by atoms with Gasteiger partial charge in [0.15, 0.2) is 0 Å². The molecule has 414 valence electrons. The van der Waals surface area contributed by atoms with Crippen LogP contribution in [0.5, 0.6) is 0 Å². The first-order valence-corrected chi connectivity index (χ1v) is 30.8. The monoisotopic (exact) mass is 1110 g/mol. The van der Waals surface area contributed by atoms with E-state index in [-0.39, 0.29) is 16.2 Å². The van der Waals surface area contributed by atoms with Gasteiger partial charge in [0.05, 0.1) is 0 Å². The van der Waals surface area contributed by atoms with Crippen LogP contribution in [0.4, 0.5) is 34.1 Å². The second-order valence-electron chi connectivity index (χ2n) is 26.0. The lowest BCUT2D eigenvalue weighted by atomic mass is 9.79. The van der Waals surface area contributed by atoms with Crippen LogP contribution in [0.1, 0.15) is 74.9 Å². The standard InChI is InChI=1S/C85H64N2/c1-83(2)75-33-21-20-32-65(75)66-41-36-64(52-80(66)83)87(61-30-14-9-15-31-61)63-38-43-70-74(51-63)82(58-35-40-68-72-45-54-23-17-19-25-56(54)47-79(72)85(5,6)77(68)49-58)69-42-37-62(86(59-26-10-7-11-27-59)60-28-12-8-13-29-60)50-73(69)81(70)57-34-39-67-71-44-53-22-16-18-24-55(53)46-78(71)84(3,4)76(67)48-57/h7-52H,1-6H3. The summed E-state index contributed by atoms with van der Waals surface area (Å²) in [5.41, 5.74) is 26.9. The zero-order valence-corrected chi connectivity index (χ0v) is 50.0. The SMILES string of the molecule is CC1(C)c2ccccc2-c2ccc(N(c3ccccc3)c3ccc4c(-c5ccc6c(c5)C(C)(C)c5cc7ccccc7cc5-6)c5cc(N(c6ccccc6)c6ccccc6)ccc5c(-c5ccc6c(c5)C(C)(C)c5cc7ccccc7cc5-6)c4c3)cc21. The summed E-state index contributed by atoms with van der Waals surface area (Å²) in [6, 6.07) is 106.